The van der Waals surface area contributed by atoms with Crippen LogP contribution in [0.15, 0.2) is 42.5 Å². The lowest BCUT2D eigenvalue weighted by Gasteiger charge is -2.15. The second kappa shape index (κ2) is 9.36. The molecule has 0 unspecified atom stereocenters. The van der Waals surface area contributed by atoms with Crippen LogP contribution < -0.4 is 19.5 Å². The molecule has 5 nitrogen and oxygen atoms in total. The van der Waals surface area contributed by atoms with E-state index in [-0.39, 0.29) is 23.1 Å². The zero-order valence-electron chi connectivity index (χ0n) is 14.3. The summed E-state index contributed by atoms with van der Waals surface area (Å²) in [5.41, 5.74) is 0.0124. The zero-order valence-corrected chi connectivity index (χ0v) is 15.1. The van der Waals surface area contributed by atoms with Gasteiger partial charge >= 0.3 is 6.18 Å². The summed E-state index contributed by atoms with van der Waals surface area (Å²) in [5, 5.41) is 2.66. The number of ether oxygens (including phenoxy) is 3. The lowest BCUT2D eigenvalue weighted by molar-refractivity contribution is -0.153. The molecule has 0 saturated carbocycles. The van der Waals surface area contributed by atoms with Crippen LogP contribution >= 0.6 is 11.6 Å². The lowest BCUT2D eigenvalue weighted by atomic mass is 10.3. The van der Waals surface area contributed by atoms with Gasteiger partial charge in [0.2, 0.25) is 0 Å². The summed E-state index contributed by atoms with van der Waals surface area (Å²) in [6, 6.07) is 10.7. The van der Waals surface area contributed by atoms with E-state index in [2.05, 4.69) is 5.32 Å². The average molecular weight is 404 g/mol. The third-order valence-electron chi connectivity index (χ3n) is 3.11. The van der Waals surface area contributed by atoms with Gasteiger partial charge in [0.15, 0.2) is 24.7 Å². The van der Waals surface area contributed by atoms with Crippen molar-refractivity contribution in [2.24, 2.45) is 0 Å². The molecule has 2 aromatic rings. The molecular formula is C18H17ClF3NO4. The summed E-state index contributed by atoms with van der Waals surface area (Å²) < 4.78 is 52.6. The van der Waals surface area contributed by atoms with E-state index >= 15 is 0 Å². The molecule has 0 heterocycles. The Balaban J connectivity index is 2.02. The third kappa shape index (κ3) is 6.90. The predicted molar refractivity (Wildman–Crippen MR) is 94.7 cm³/mol. The summed E-state index contributed by atoms with van der Waals surface area (Å²) in [6.45, 7) is 0.366. The van der Waals surface area contributed by atoms with Crippen LogP contribution in [0, 0.1) is 0 Å². The van der Waals surface area contributed by atoms with Gasteiger partial charge in [0.25, 0.3) is 5.91 Å². The Morgan fingerprint density at radius 1 is 1.04 bits per heavy atom. The van der Waals surface area contributed by atoms with E-state index in [1.165, 1.54) is 18.2 Å². The van der Waals surface area contributed by atoms with Crippen molar-refractivity contribution in [3.63, 3.8) is 0 Å². The highest BCUT2D eigenvalue weighted by Gasteiger charge is 2.29. The Labute approximate surface area is 159 Å². The maximum absolute atomic E-state index is 12.4. The summed E-state index contributed by atoms with van der Waals surface area (Å²) in [5.74, 6) is 0.0964. The number of alkyl halides is 3. The molecule has 2 aromatic carbocycles. The molecule has 0 aliphatic heterocycles. The van der Waals surface area contributed by atoms with E-state index in [4.69, 9.17) is 25.8 Å². The van der Waals surface area contributed by atoms with Crippen LogP contribution in [0.1, 0.15) is 6.92 Å². The topological polar surface area (TPSA) is 56.8 Å². The summed E-state index contributed by atoms with van der Waals surface area (Å²) in [4.78, 5) is 12.1. The maximum Gasteiger partial charge on any atom is 0.422 e. The third-order valence-corrected chi connectivity index (χ3v) is 3.35. The normalized spacial score (nSPS) is 11.0. The van der Waals surface area contributed by atoms with Crippen molar-refractivity contribution in [3.8, 4) is 17.2 Å². The number of halogens is 4. The molecule has 0 aliphatic carbocycles. The number of para-hydroxylation sites is 2. The van der Waals surface area contributed by atoms with E-state index in [0.29, 0.717) is 18.1 Å². The molecule has 1 N–H and O–H groups in total. The molecule has 0 radical (unpaired) electrons. The van der Waals surface area contributed by atoms with Crippen molar-refractivity contribution in [1.82, 2.24) is 0 Å². The molecule has 0 fully saturated rings. The molecule has 1 amide bonds. The fourth-order valence-electron chi connectivity index (χ4n) is 2.06. The van der Waals surface area contributed by atoms with Crippen molar-refractivity contribution < 1.29 is 32.2 Å². The Kier molecular flexibility index (Phi) is 7.18. The molecule has 0 aromatic heterocycles. The number of benzene rings is 2. The number of carbonyl (C=O) groups excluding carboxylic acids is 1. The van der Waals surface area contributed by atoms with E-state index in [1.54, 1.807) is 24.3 Å². The van der Waals surface area contributed by atoms with Gasteiger partial charge in [0, 0.05) is 5.02 Å². The van der Waals surface area contributed by atoms with Crippen molar-refractivity contribution in [1.29, 1.82) is 0 Å². The average Bonchev–Trinajstić information content (AvgIpc) is 2.60. The van der Waals surface area contributed by atoms with Crippen LogP contribution in [0.5, 0.6) is 17.2 Å². The molecule has 27 heavy (non-hydrogen) atoms. The first-order chi connectivity index (χ1) is 12.8. The number of nitrogens with one attached hydrogen (secondary N) is 1. The van der Waals surface area contributed by atoms with Gasteiger partial charge in [0.05, 0.1) is 12.3 Å². The first-order valence-corrected chi connectivity index (χ1v) is 8.30. The van der Waals surface area contributed by atoms with E-state index in [1.807, 2.05) is 6.92 Å². The van der Waals surface area contributed by atoms with Crippen molar-refractivity contribution in [2.75, 3.05) is 25.1 Å². The first kappa shape index (κ1) is 20.7. The minimum Gasteiger partial charge on any atom is -0.490 e. The Morgan fingerprint density at radius 2 is 1.70 bits per heavy atom. The minimum absolute atomic E-state index is 0.0124. The molecule has 0 aliphatic rings. The summed E-state index contributed by atoms with van der Waals surface area (Å²) in [7, 11) is 0. The molecule has 0 atom stereocenters. The van der Waals surface area contributed by atoms with E-state index < -0.39 is 18.7 Å². The van der Waals surface area contributed by atoms with Crippen LogP contribution in [0.4, 0.5) is 18.9 Å². The van der Waals surface area contributed by atoms with Crippen LogP contribution in [0.2, 0.25) is 5.02 Å². The SMILES string of the molecule is CCOc1ccccc1OCC(=O)Nc1cc(Cl)ccc1OCC(F)(F)F. The number of amides is 1. The highest BCUT2D eigenvalue weighted by molar-refractivity contribution is 6.31. The van der Waals surface area contributed by atoms with Gasteiger partial charge in [-0.3, -0.25) is 4.79 Å². The number of carbonyl (C=O) groups is 1. The van der Waals surface area contributed by atoms with Crippen LogP contribution in [-0.4, -0.2) is 31.9 Å². The second-order valence-corrected chi connectivity index (χ2v) is 5.70. The number of hydrogen-bond acceptors (Lipinski definition) is 4. The largest absolute Gasteiger partial charge is 0.490 e. The van der Waals surface area contributed by atoms with Crippen molar-refractivity contribution in [2.45, 2.75) is 13.1 Å². The fourth-order valence-corrected chi connectivity index (χ4v) is 2.23. The van der Waals surface area contributed by atoms with Gasteiger partial charge in [-0.1, -0.05) is 23.7 Å². The monoisotopic (exact) mass is 403 g/mol. The van der Waals surface area contributed by atoms with Gasteiger partial charge in [-0.15, -0.1) is 0 Å². The van der Waals surface area contributed by atoms with Gasteiger partial charge < -0.3 is 19.5 Å². The van der Waals surface area contributed by atoms with E-state index in [0.717, 1.165) is 0 Å². The summed E-state index contributed by atoms with van der Waals surface area (Å²) in [6.07, 6.45) is -4.51. The van der Waals surface area contributed by atoms with Gasteiger partial charge in [-0.05, 0) is 37.3 Å². The molecule has 0 saturated heterocycles. The standard InChI is InChI=1S/C18H17ClF3NO4/c1-2-25-15-5-3-4-6-16(15)26-10-17(24)23-13-9-12(19)7-8-14(13)27-11-18(20,21)22/h3-9H,2,10-11H2,1H3,(H,23,24). The number of hydrogen-bond donors (Lipinski definition) is 1. The smallest absolute Gasteiger partial charge is 0.422 e. The first-order valence-electron chi connectivity index (χ1n) is 7.92. The van der Waals surface area contributed by atoms with E-state index in [9.17, 15) is 18.0 Å². The van der Waals surface area contributed by atoms with Gasteiger partial charge in [-0.25, -0.2) is 0 Å². The lowest BCUT2D eigenvalue weighted by Crippen LogP contribution is -2.22. The predicted octanol–water partition coefficient (Wildman–Crippen LogP) is 4.70. The Bertz CT molecular complexity index is 783. The quantitative estimate of drug-likeness (QED) is 0.694. The molecule has 2 rings (SSSR count). The van der Waals surface area contributed by atoms with Crippen LogP contribution in [0.25, 0.3) is 0 Å². The van der Waals surface area contributed by atoms with Crippen LogP contribution in [0.3, 0.4) is 0 Å². The van der Waals surface area contributed by atoms with Crippen molar-refractivity contribution >= 4 is 23.2 Å². The minimum atomic E-state index is -4.51. The highest BCUT2D eigenvalue weighted by Crippen LogP contribution is 2.30. The Morgan fingerprint density at radius 3 is 2.33 bits per heavy atom. The van der Waals surface area contributed by atoms with Crippen molar-refractivity contribution in [3.05, 3.63) is 47.5 Å². The highest BCUT2D eigenvalue weighted by atomic mass is 35.5. The molecule has 9 heteroatoms. The van der Waals surface area contributed by atoms with Crippen LogP contribution in [-0.2, 0) is 4.79 Å². The Hall–Kier alpha value is -2.61. The molecule has 146 valence electrons. The number of anilines is 1. The molecular weight excluding hydrogens is 387 g/mol. The summed E-state index contributed by atoms with van der Waals surface area (Å²) >= 11 is 5.84. The maximum atomic E-state index is 12.4. The fraction of sp³-hybridized carbons (Fsp3) is 0.278. The van der Waals surface area contributed by atoms with Gasteiger partial charge in [-0.2, -0.15) is 13.2 Å². The second-order valence-electron chi connectivity index (χ2n) is 5.26. The molecule has 0 bridgehead atoms. The van der Waals surface area contributed by atoms with Gasteiger partial charge in [0.1, 0.15) is 5.75 Å². The molecule has 0 spiro atoms. The zero-order chi connectivity index (χ0) is 19.9. The number of rotatable bonds is 8.